The monoisotopic (exact) mass is 399 g/mol. The number of amides is 1. The molecule has 4 nitrogen and oxygen atoms in total. The second-order valence-corrected chi connectivity index (χ2v) is 6.81. The number of nitrogens with one attached hydrogen (secondary N) is 1. The first-order chi connectivity index (χ1) is 11.7. The van der Waals surface area contributed by atoms with Crippen molar-refractivity contribution in [1.82, 2.24) is 10.4 Å². The smallest absolute Gasteiger partial charge is 0.250 e. The summed E-state index contributed by atoms with van der Waals surface area (Å²) in [5, 5.41) is 5.06. The van der Waals surface area contributed by atoms with Crippen molar-refractivity contribution >= 4 is 50.7 Å². The number of pyridine rings is 1. The van der Waals surface area contributed by atoms with E-state index in [1.807, 2.05) is 54.6 Å². The first-order valence-corrected chi connectivity index (χ1v) is 9.05. The van der Waals surface area contributed by atoms with Gasteiger partial charge in [0.1, 0.15) is 0 Å². The zero-order valence-electron chi connectivity index (χ0n) is 12.6. The Labute approximate surface area is 152 Å². The molecule has 0 radical (unpaired) electrons. The zero-order valence-corrected chi connectivity index (χ0v) is 15.0. The van der Waals surface area contributed by atoms with E-state index in [2.05, 4.69) is 31.4 Å². The highest BCUT2D eigenvalue weighted by Gasteiger charge is 2.06. The van der Waals surface area contributed by atoms with Crippen LogP contribution in [0, 0.1) is 0 Å². The summed E-state index contributed by atoms with van der Waals surface area (Å²) in [6.45, 7) is 0. The Morgan fingerprint density at radius 3 is 2.88 bits per heavy atom. The van der Waals surface area contributed by atoms with Gasteiger partial charge in [-0.05, 0) is 18.2 Å². The third-order valence-electron chi connectivity index (χ3n) is 3.25. The minimum absolute atomic E-state index is 0.156. The van der Waals surface area contributed by atoms with Crippen LogP contribution in [0.25, 0.3) is 10.9 Å². The molecule has 24 heavy (non-hydrogen) atoms. The fraction of sp³-hybridized carbons (Fsp3) is 0.0556. The van der Waals surface area contributed by atoms with Crippen LogP contribution in [0.3, 0.4) is 0 Å². The van der Waals surface area contributed by atoms with Crippen LogP contribution in [0.15, 0.2) is 75.3 Å². The fourth-order valence-electron chi connectivity index (χ4n) is 2.12. The molecule has 0 unspecified atom stereocenters. The quantitative estimate of drug-likeness (QED) is 0.396. The Bertz CT molecular complexity index is 893. The summed E-state index contributed by atoms with van der Waals surface area (Å²) in [6.07, 6.45) is 3.38. The predicted octanol–water partition coefficient (Wildman–Crippen LogP) is 4.24. The average Bonchev–Trinajstić information content (AvgIpc) is 2.61. The maximum absolute atomic E-state index is 11.9. The molecule has 0 saturated carbocycles. The zero-order chi connectivity index (χ0) is 16.8. The number of fused-ring (bicyclic) bond motifs is 1. The van der Waals surface area contributed by atoms with Gasteiger partial charge in [-0.3, -0.25) is 9.78 Å². The maximum atomic E-state index is 11.9. The fourth-order valence-corrected chi connectivity index (χ4v) is 3.34. The van der Waals surface area contributed by atoms with Gasteiger partial charge in [-0.1, -0.05) is 52.3 Å². The van der Waals surface area contributed by atoms with E-state index in [0.717, 1.165) is 25.8 Å². The van der Waals surface area contributed by atoms with Crippen molar-refractivity contribution in [2.75, 3.05) is 5.75 Å². The molecule has 1 aromatic heterocycles. The number of carbonyl (C=O) groups is 1. The van der Waals surface area contributed by atoms with Gasteiger partial charge >= 0.3 is 0 Å². The summed E-state index contributed by atoms with van der Waals surface area (Å²) in [5.74, 6) is 0.124. The van der Waals surface area contributed by atoms with Crippen LogP contribution in [-0.4, -0.2) is 22.9 Å². The van der Waals surface area contributed by atoms with Crippen LogP contribution in [0.5, 0.6) is 0 Å². The van der Waals surface area contributed by atoms with Crippen molar-refractivity contribution in [2.45, 2.75) is 4.90 Å². The lowest BCUT2D eigenvalue weighted by Gasteiger charge is -2.04. The van der Waals surface area contributed by atoms with E-state index in [4.69, 9.17) is 0 Å². The molecule has 0 aliphatic rings. The van der Waals surface area contributed by atoms with Crippen molar-refractivity contribution in [3.05, 3.63) is 70.8 Å². The van der Waals surface area contributed by atoms with E-state index >= 15 is 0 Å². The van der Waals surface area contributed by atoms with Gasteiger partial charge in [0, 0.05) is 26.5 Å². The highest BCUT2D eigenvalue weighted by atomic mass is 79.9. The second kappa shape index (κ2) is 8.08. The van der Waals surface area contributed by atoms with Crippen LogP contribution >= 0.6 is 27.7 Å². The molecule has 0 saturated heterocycles. The minimum Gasteiger partial charge on any atom is -0.272 e. The van der Waals surface area contributed by atoms with Crippen LogP contribution < -0.4 is 5.43 Å². The number of hydrogen-bond acceptors (Lipinski definition) is 4. The molecule has 0 atom stereocenters. The topological polar surface area (TPSA) is 54.4 Å². The van der Waals surface area contributed by atoms with Gasteiger partial charge in [-0.15, -0.1) is 11.8 Å². The van der Waals surface area contributed by atoms with Crippen LogP contribution in [0.2, 0.25) is 0 Å². The van der Waals surface area contributed by atoms with Gasteiger partial charge in [0.15, 0.2) is 0 Å². The summed E-state index contributed by atoms with van der Waals surface area (Å²) in [7, 11) is 0. The lowest BCUT2D eigenvalue weighted by molar-refractivity contribution is -0.118. The minimum atomic E-state index is -0.156. The SMILES string of the molecule is O=C(CSc1cccc2cccnc12)N/N=C\c1ccccc1Br. The second-order valence-electron chi connectivity index (χ2n) is 4.93. The normalized spacial score (nSPS) is 11.0. The summed E-state index contributed by atoms with van der Waals surface area (Å²) in [6, 6.07) is 17.5. The largest absolute Gasteiger partial charge is 0.272 e. The molecule has 3 aromatic rings. The van der Waals surface area contributed by atoms with Gasteiger partial charge in [0.25, 0.3) is 0 Å². The first-order valence-electron chi connectivity index (χ1n) is 7.27. The van der Waals surface area contributed by atoms with Gasteiger partial charge in [0.05, 0.1) is 17.5 Å². The van der Waals surface area contributed by atoms with Crippen molar-refractivity contribution < 1.29 is 4.79 Å². The summed E-state index contributed by atoms with van der Waals surface area (Å²) >= 11 is 4.88. The molecule has 1 N–H and O–H groups in total. The summed E-state index contributed by atoms with van der Waals surface area (Å²) in [5.41, 5.74) is 4.36. The number of nitrogens with zero attached hydrogens (tertiary/aromatic N) is 2. The third kappa shape index (κ3) is 4.21. The van der Waals surface area contributed by atoms with Crippen molar-refractivity contribution in [3.63, 3.8) is 0 Å². The highest BCUT2D eigenvalue weighted by molar-refractivity contribution is 9.10. The molecule has 0 aliphatic heterocycles. The van der Waals surface area contributed by atoms with E-state index in [0.29, 0.717) is 0 Å². The van der Waals surface area contributed by atoms with Gasteiger partial charge < -0.3 is 0 Å². The number of rotatable bonds is 5. The van der Waals surface area contributed by atoms with E-state index in [1.54, 1.807) is 12.4 Å². The third-order valence-corrected chi connectivity index (χ3v) is 5.02. The highest BCUT2D eigenvalue weighted by Crippen LogP contribution is 2.25. The number of aromatic nitrogens is 1. The number of carbonyl (C=O) groups excluding carboxylic acids is 1. The number of para-hydroxylation sites is 1. The molecule has 1 heterocycles. The molecule has 6 heteroatoms. The summed E-state index contributed by atoms with van der Waals surface area (Å²) in [4.78, 5) is 17.3. The van der Waals surface area contributed by atoms with E-state index < -0.39 is 0 Å². The number of hydrazone groups is 1. The Balaban J connectivity index is 1.58. The number of halogens is 1. The van der Waals surface area contributed by atoms with E-state index in [9.17, 15) is 4.79 Å². The van der Waals surface area contributed by atoms with Crippen molar-refractivity contribution in [1.29, 1.82) is 0 Å². The Hall–Kier alpha value is -2.18. The maximum Gasteiger partial charge on any atom is 0.250 e. The van der Waals surface area contributed by atoms with Gasteiger partial charge in [-0.2, -0.15) is 5.10 Å². The number of hydrogen-bond donors (Lipinski definition) is 1. The van der Waals surface area contributed by atoms with Crippen LogP contribution in [0.1, 0.15) is 5.56 Å². The average molecular weight is 400 g/mol. The standard InChI is InChI=1S/C18H14BrN3OS/c19-15-8-2-1-5-14(15)11-21-22-17(23)12-24-16-9-3-6-13-7-4-10-20-18(13)16/h1-11H,12H2,(H,22,23)/b21-11-. The van der Waals surface area contributed by atoms with Crippen molar-refractivity contribution in [2.24, 2.45) is 5.10 Å². The Morgan fingerprint density at radius 1 is 1.17 bits per heavy atom. The molecule has 0 bridgehead atoms. The molecule has 2 aromatic carbocycles. The lowest BCUT2D eigenvalue weighted by Crippen LogP contribution is -2.19. The van der Waals surface area contributed by atoms with Crippen LogP contribution in [-0.2, 0) is 4.79 Å². The van der Waals surface area contributed by atoms with Crippen LogP contribution in [0.4, 0.5) is 0 Å². The molecular weight excluding hydrogens is 386 g/mol. The van der Waals surface area contributed by atoms with Gasteiger partial charge in [0.2, 0.25) is 5.91 Å². The predicted molar refractivity (Wildman–Crippen MR) is 102 cm³/mol. The molecule has 3 rings (SSSR count). The molecular formula is C18H14BrN3OS. The lowest BCUT2D eigenvalue weighted by atomic mass is 10.2. The number of benzene rings is 2. The Morgan fingerprint density at radius 2 is 2.00 bits per heavy atom. The van der Waals surface area contributed by atoms with Gasteiger partial charge in [-0.25, -0.2) is 5.43 Å². The molecule has 0 spiro atoms. The number of thioether (sulfide) groups is 1. The molecule has 0 fully saturated rings. The van der Waals surface area contributed by atoms with E-state index in [-0.39, 0.29) is 11.7 Å². The summed E-state index contributed by atoms with van der Waals surface area (Å²) < 4.78 is 0.930. The molecule has 1 amide bonds. The molecule has 0 aliphatic carbocycles. The Kier molecular flexibility index (Phi) is 5.61. The van der Waals surface area contributed by atoms with Crippen molar-refractivity contribution in [3.8, 4) is 0 Å². The first kappa shape index (κ1) is 16.7. The van der Waals surface area contributed by atoms with E-state index in [1.165, 1.54) is 11.8 Å². The molecule has 120 valence electrons.